The van der Waals surface area contributed by atoms with E-state index in [1.165, 1.54) is 6.42 Å². The predicted molar refractivity (Wildman–Crippen MR) is 77.2 cm³/mol. The molecule has 1 aromatic carbocycles. The molecular weight excluding hydrogens is 238 g/mol. The van der Waals surface area contributed by atoms with Crippen molar-refractivity contribution in [2.24, 2.45) is 5.41 Å². The van der Waals surface area contributed by atoms with Crippen molar-refractivity contribution in [3.05, 3.63) is 29.3 Å². The molecule has 1 unspecified atom stereocenters. The van der Waals surface area contributed by atoms with Gasteiger partial charge in [0.25, 0.3) is 0 Å². The highest BCUT2D eigenvalue weighted by Gasteiger charge is 2.41. The Hall–Kier alpha value is -1.51. The maximum absolute atomic E-state index is 11.8. The Morgan fingerprint density at radius 2 is 1.95 bits per heavy atom. The molecule has 0 aliphatic heterocycles. The second-order valence-electron chi connectivity index (χ2n) is 6.12. The van der Waals surface area contributed by atoms with Gasteiger partial charge >= 0.3 is 5.97 Å². The molecule has 1 aliphatic carbocycles. The monoisotopic (exact) mass is 261 g/mol. The molecule has 0 bridgehead atoms. The lowest BCUT2D eigenvalue weighted by molar-refractivity contribution is -0.142. The van der Waals surface area contributed by atoms with E-state index in [9.17, 15) is 9.90 Å². The van der Waals surface area contributed by atoms with Gasteiger partial charge in [-0.3, -0.25) is 4.79 Å². The highest BCUT2D eigenvalue weighted by Crippen LogP contribution is 2.48. The minimum atomic E-state index is -0.748. The van der Waals surface area contributed by atoms with Gasteiger partial charge in [0.2, 0.25) is 0 Å². The molecule has 104 valence electrons. The van der Waals surface area contributed by atoms with Crippen LogP contribution in [0.5, 0.6) is 0 Å². The summed E-state index contributed by atoms with van der Waals surface area (Å²) in [5.41, 5.74) is 8.31. The van der Waals surface area contributed by atoms with Crippen molar-refractivity contribution in [2.45, 2.75) is 51.9 Å². The van der Waals surface area contributed by atoms with Crippen LogP contribution in [0.3, 0.4) is 0 Å². The Morgan fingerprint density at radius 3 is 2.53 bits per heavy atom. The van der Waals surface area contributed by atoms with Crippen molar-refractivity contribution in [1.29, 1.82) is 0 Å². The van der Waals surface area contributed by atoms with Gasteiger partial charge < -0.3 is 10.8 Å². The molecule has 1 aromatic rings. The van der Waals surface area contributed by atoms with Crippen LogP contribution in [0.1, 0.15) is 56.1 Å². The Morgan fingerprint density at radius 1 is 1.32 bits per heavy atom. The van der Waals surface area contributed by atoms with Gasteiger partial charge in [-0.15, -0.1) is 0 Å². The average molecular weight is 261 g/mol. The molecule has 0 aromatic heterocycles. The fourth-order valence-electron chi connectivity index (χ4n) is 3.40. The summed E-state index contributed by atoms with van der Waals surface area (Å²) < 4.78 is 0. The Kier molecular flexibility index (Phi) is 3.83. The lowest BCUT2D eigenvalue weighted by Gasteiger charge is -2.39. The molecule has 0 saturated heterocycles. The molecule has 2 rings (SSSR count). The molecule has 3 N–H and O–H groups in total. The standard InChI is InChI=1S/C16H23NO2/c1-11-6-7-13(17)12(10-11)14(15(18)19)16(2)8-4-3-5-9-16/h6-7,10,14H,3-5,8-9,17H2,1-2H3,(H,18,19). The van der Waals surface area contributed by atoms with Crippen LogP contribution in [-0.4, -0.2) is 11.1 Å². The summed E-state index contributed by atoms with van der Waals surface area (Å²) in [6.45, 7) is 4.08. The fraction of sp³-hybridized carbons (Fsp3) is 0.562. The van der Waals surface area contributed by atoms with E-state index in [4.69, 9.17) is 5.73 Å². The van der Waals surface area contributed by atoms with E-state index in [2.05, 4.69) is 6.92 Å². The van der Waals surface area contributed by atoms with Gasteiger partial charge in [-0.2, -0.15) is 0 Å². The number of anilines is 1. The minimum absolute atomic E-state index is 0.175. The number of rotatable bonds is 3. The van der Waals surface area contributed by atoms with Gasteiger partial charge in [0.15, 0.2) is 0 Å². The number of carboxylic acids is 1. The number of benzene rings is 1. The zero-order chi connectivity index (χ0) is 14.0. The van der Waals surface area contributed by atoms with Crippen molar-refractivity contribution >= 4 is 11.7 Å². The van der Waals surface area contributed by atoms with Crippen LogP contribution in [0.25, 0.3) is 0 Å². The van der Waals surface area contributed by atoms with Gasteiger partial charge in [0.1, 0.15) is 0 Å². The van der Waals surface area contributed by atoms with Gasteiger partial charge in [-0.05, 0) is 36.8 Å². The van der Waals surface area contributed by atoms with Crippen molar-refractivity contribution in [2.75, 3.05) is 5.73 Å². The Bertz CT molecular complexity index is 476. The Labute approximate surface area is 114 Å². The molecule has 1 aliphatic rings. The smallest absolute Gasteiger partial charge is 0.311 e. The van der Waals surface area contributed by atoms with Crippen LogP contribution in [-0.2, 0) is 4.79 Å². The number of carbonyl (C=O) groups is 1. The molecule has 0 radical (unpaired) electrons. The summed E-state index contributed by atoms with van der Waals surface area (Å²) in [5.74, 6) is -1.24. The summed E-state index contributed by atoms with van der Waals surface area (Å²) >= 11 is 0. The number of carboxylic acid groups (broad SMARTS) is 1. The highest BCUT2D eigenvalue weighted by atomic mass is 16.4. The second kappa shape index (κ2) is 5.24. The van der Waals surface area contributed by atoms with E-state index < -0.39 is 11.9 Å². The molecule has 3 nitrogen and oxygen atoms in total. The summed E-state index contributed by atoms with van der Waals surface area (Å²) in [4.78, 5) is 11.8. The van der Waals surface area contributed by atoms with E-state index >= 15 is 0 Å². The summed E-state index contributed by atoms with van der Waals surface area (Å²) in [5, 5.41) is 9.70. The number of nitrogens with two attached hydrogens (primary N) is 1. The minimum Gasteiger partial charge on any atom is -0.481 e. The van der Waals surface area contributed by atoms with Crippen LogP contribution in [0.2, 0.25) is 0 Å². The third-order valence-corrected chi connectivity index (χ3v) is 4.49. The van der Waals surface area contributed by atoms with Gasteiger partial charge in [0.05, 0.1) is 5.92 Å². The number of hydrogen-bond acceptors (Lipinski definition) is 2. The van der Waals surface area contributed by atoms with Crippen LogP contribution in [0, 0.1) is 12.3 Å². The average Bonchev–Trinajstić information content (AvgIpc) is 2.34. The van der Waals surface area contributed by atoms with Gasteiger partial charge in [-0.1, -0.05) is 43.9 Å². The third-order valence-electron chi connectivity index (χ3n) is 4.49. The normalized spacial score (nSPS) is 19.9. The first-order valence-electron chi connectivity index (χ1n) is 7.03. The number of aliphatic carboxylic acids is 1. The third kappa shape index (κ3) is 2.75. The van der Waals surface area contributed by atoms with Gasteiger partial charge in [-0.25, -0.2) is 0 Å². The molecule has 0 heterocycles. The molecule has 0 amide bonds. The number of nitrogen functional groups attached to an aromatic ring is 1. The summed E-state index contributed by atoms with van der Waals surface area (Å²) in [7, 11) is 0. The lowest BCUT2D eigenvalue weighted by Crippen LogP contribution is -2.34. The lowest BCUT2D eigenvalue weighted by atomic mass is 9.64. The molecule has 0 spiro atoms. The van der Waals surface area contributed by atoms with Crippen LogP contribution < -0.4 is 5.73 Å². The summed E-state index contributed by atoms with van der Waals surface area (Å²) in [6, 6.07) is 5.70. The van der Waals surface area contributed by atoms with E-state index in [1.807, 2.05) is 25.1 Å². The maximum atomic E-state index is 11.8. The van der Waals surface area contributed by atoms with Crippen molar-refractivity contribution in [3.8, 4) is 0 Å². The molecule has 1 saturated carbocycles. The quantitative estimate of drug-likeness (QED) is 0.815. The predicted octanol–water partition coefficient (Wildman–Crippen LogP) is 3.72. The molecule has 19 heavy (non-hydrogen) atoms. The molecular formula is C16H23NO2. The Balaban J connectivity index is 2.45. The zero-order valence-electron chi connectivity index (χ0n) is 11.8. The fourth-order valence-corrected chi connectivity index (χ4v) is 3.40. The molecule has 1 fully saturated rings. The van der Waals surface area contributed by atoms with Crippen molar-refractivity contribution in [1.82, 2.24) is 0 Å². The SMILES string of the molecule is Cc1ccc(N)c(C(C(=O)O)C2(C)CCCCC2)c1. The van der Waals surface area contributed by atoms with E-state index in [-0.39, 0.29) is 5.41 Å². The number of hydrogen-bond donors (Lipinski definition) is 2. The zero-order valence-corrected chi connectivity index (χ0v) is 11.8. The first-order valence-corrected chi connectivity index (χ1v) is 7.03. The van der Waals surface area contributed by atoms with E-state index in [1.54, 1.807) is 0 Å². The first-order chi connectivity index (χ1) is 8.94. The molecule has 1 atom stereocenters. The second-order valence-corrected chi connectivity index (χ2v) is 6.12. The first kappa shape index (κ1) is 13.9. The highest BCUT2D eigenvalue weighted by molar-refractivity contribution is 5.80. The number of aryl methyl sites for hydroxylation is 1. The maximum Gasteiger partial charge on any atom is 0.311 e. The summed E-state index contributed by atoms with van der Waals surface area (Å²) in [6.07, 6.45) is 5.39. The van der Waals surface area contributed by atoms with E-state index in [0.717, 1.165) is 36.8 Å². The molecule has 3 heteroatoms. The van der Waals surface area contributed by atoms with Crippen molar-refractivity contribution < 1.29 is 9.90 Å². The van der Waals surface area contributed by atoms with Crippen LogP contribution >= 0.6 is 0 Å². The van der Waals surface area contributed by atoms with Gasteiger partial charge in [0, 0.05) is 5.69 Å². The topological polar surface area (TPSA) is 63.3 Å². The van der Waals surface area contributed by atoms with Crippen LogP contribution in [0.4, 0.5) is 5.69 Å². The van der Waals surface area contributed by atoms with Crippen LogP contribution in [0.15, 0.2) is 18.2 Å². The largest absolute Gasteiger partial charge is 0.481 e. The van der Waals surface area contributed by atoms with Crippen molar-refractivity contribution in [3.63, 3.8) is 0 Å². The van der Waals surface area contributed by atoms with E-state index in [0.29, 0.717) is 5.69 Å².